The third-order valence-electron chi connectivity index (χ3n) is 4.43. The molecule has 0 aliphatic rings. The number of hydrogen-bond donors (Lipinski definition) is 2. The monoisotopic (exact) mass is 432 g/mol. The maximum atomic E-state index is 12.9. The highest BCUT2D eigenvalue weighted by atomic mass is 32.2. The van der Waals surface area contributed by atoms with Gasteiger partial charge in [0.1, 0.15) is 11.0 Å². The number of nitrogens with one attached hydrogen (secondary N) is 2. The van der Waals surface area contributed by atoms with Crippen LogP contribution in [0.3, 0.4) is 0 Å². The Kier molecular flexibility index (Phi) is 6.30. The molecule has 0 fully saturated rings. The molecule has 0 saturated heterocycles. The van der Waals surface area contributed by atoms with E-state index in [0.717, 1.165) is 15.8 Å². The van der Waals surface area contributed by atoms with Gasteiger partial charge >= 0.3 is 0 Å². The zero-order chi connectivity index (χ0) is 21.2. The Morgan fingerprint density at radius 2 is 1.69 bits per heavy atom. The molecule has 0 saturated carbocycles. The standard InChI is InChI=1S/C20H24N4O3S2/c1-12(2)17(18(25)21-20-23-22-19(28-20)13(3)4)24-29(26,27)16-10-9-14-7-5-6-8-15(14)11-16/h5-13,17,24H,1-4H3,(H,21,23,25)/t17-/m0/s1. The Balaban J connectivity index is 1.81. The maximum Gasteiger partial charge on any atom is 0.244 e. The minimum absolute atomic E-state index is 0.118. The topological polar surface area (TPSA) is 101 Å². The molecule has 0 aliphatic heterocycles. The van der Waals surface area contributed by atoms with Crippen molar-refractivity contribution in [2.75, 3.05) is 5.32 Å². The fraction of sp³-hybridized carbons (Fsp3) is 0.350. The molecular weight excluding hydrogens is 408 g/mol. The van der Waals surface area contributed by atoms with Crippen molar-refractivity contribution in [1.29, 1.82) is 0 Å². The van der Waals surface area contributed by atoms with E-state index in [-0.39, 0.29) is 16.7 Å². The van der Waals surface area contributed by atoms with Crippen molar-refractivity contribution in [3.8, 4) is 0 Å². The zero-order valence-corrected chi connectivity index (χ0v) is 18.3. The van der Waals surface area contributed by atoms with E-state index in [9.17, 15) is 13.2 Å². The van der Waals surface area contributed by atoms with Crippen molar-refractivity contribution < 1.29 is 13.2 Å². The minimum atomic E-state index is -3.88. The average molecular weight is 433 g/mol. The van der Waals surface area contributed by atoms with Crippen LogP contribution in [0, 0.1) is 5.92 Å². The first-order chi connectivity index (χ1) is 13.7. The summed E-state index contributed by atoms with van der Waals surface area (Å²) in [5, 5.41) is 13.6. The number of aromatic nitrogens is 2. The fourth-order valence-corrected chi connectivity index (χ4v) is 4.89. The molecule has 9 heteroatoms. The molecule has 1 heterocycles. The van der Waals surface area contributed by atoms with Crippen LogP contribution in [0.25, 0.3) is 10.8 Å². The molecule has 3 aromatic rings. The smallest absolute Gasteiger partial charge is 0.244 e. The SMILES string of the molecule is CC(C)c1nnc(NC(=O)[C@@H](NS(=O)(=O)c2ccc3ccccc3c2)C(C)C)s1. The highest BCUT2D eigenvalue weighted by Crippen LogP contribution is 2.23. The number of rotatable bonds is 7. The van der Waals surface area contributed by atoms with E-state index in [1.165, 1.54) is 11.3 Å². The zero-order valence-electron chi connectivity index (χ0n) is 16.7. The second kappa shape index (κ2) is 8.56. The van der Waals surface area contributed by atoms with Crippen LogP contribution in [0.1, 0.15) is 38.6 Å². The van der Waals surface area contributed by atoms with Gasteiger partial charge in [-0.15, -0.1) is 10.2 Å². The number of carbonyl (C=O) groups is 1. The molecule has 29 heavy (non-hydrogen) atoms. The van der Waals surface area contributed by atoms with Crippen LogP contribution in [0.15, 0.2) is 47.4 Å². The van der Waals surface area contributed by atoms with Gasteiger partial charge in [0.2, 0.25) is 21.1 Å². The van der Waals surface area contributed by atoms with Gasteiger partial charge in [-0.1, -0.05) is 69.4 Å². The van der Waals surface area contributed by atoms with Crippen molar-refractivity contribution in [3.05, 3.63) is 47.5 Å². The summed E-state index contributed by atoms with van der Waals surface area (Å²) in [7, 11) is -3.88. The van der Waals surface area contributed by atoms with Gasteiger partial charge in [-0.2, -0.15) is 4.72 Å². The summed E-state index contributed by atoms with van der Waals surface area (Å²) < 4.78 is 28.4. The van der Waals surface area contributed by atoms with Crippen LogP contribution >= 0.6 is 11.3 Å². The van der Waals surface area contributed by atoms with E-state index in [2.05, 4.69) is 20.2 Å². The molecule has 0 unspecified atom stereocenters. The summed E-state index contributed by atoms with van der Waals surface area (Å²) in [4.78, 5) is 12.9. The molecule has 154 valence electrons. The molecule has 0 radical (unpaired) electrons. The molecule has 1 atom stereocenters. The first-order valence-electron chi connectivity index (χ1n) is 9.33. The lowest BCUT2D eigenvalue weighted by Crippen LogP contribution is -2.47. The molecule has 2 aromatic carbocycles. The van der Waals surface area contributed by atoms with Gasteiger partial charge in [-0.3, -0.25) is 10.1 Å². The van der Waals surface area contributed by atoms with Crippen LogP contribution < -0.4 is 10.0 Å². The number of fused-ring (bicyclic) bond motifs is 1. The van der Waals surface area contributed by atoms with Gasteiger partial charge in [0, 0.05) is 5.92 Å². The van der Waals surface area contributed by atoms with E-state index in [1.807, 2.05) is 38.1 Å². The van der Waals surface area contributed by atoms with Gasteiger partial charge in [-0.25, -0.2) is 8.42 Å². The summed E-state index contributed by atoms with van der Waals surface area (Å²) in [5.74, 6) is -0.524. The maximum absolute atomic E-state index is 12.9. The summed E-state index contributed by atoms with van der Waals surface area (Å²) in [5.41, 5.74) is 0. The summed E-state index contributed by atoms with van der Waals surface area (Å²) >= 11 is 1.28. The van der Waals surface area contributed by atoms with Crippen LogP contribution in [0.2, 0.25) is 0 Å². The van der Waals surface area contributed by atoms with Gasteiger partial charge in [0.15, 0.2) is 0 Å². The average Bonchev–Trinajstić information content (AvgIpc) is 3.14. The normalized spacial score (nSPS) is 13.2. The van der Waals surface area contributed by atoms with Crippen molar-refractivity contribution in [2.45, 2.75) is 44.6 Å². The molecular formula is C20H24N4O3S2. The predicted molar refractivity (Wildman–Crippen MR) is 116 cm³/mol. The molecule has 0 spiro atoms. The van der Waals surface area contributed by atoms with Crippen LogP contribution in [-0.4, -0.2) is 30.6 Å². The summed E-state index contributed by atoms with van der Waals surface area (Å²) in [6.45, 7) is 7.54. The second-order valence-electron chi connectivity index (χ2n) is 7.44. The molecule has 0 aliphatic carbocycles. The number of sulfonamides is 1. The quantitative estimate of drug-likeness (QED) is 0.592. The number of nitrogens with zero attached hydrogens (tertiary/aromatic N) is 2. The Bertz CT molecular complexity index is 1120. The largest absolute Gasteiger partial charge is 0.299 e. The van der Waals surface area contributed by atoms with Crippen molar-refractivity contribution in [3.63, 3.8) is 0 Å². The lowest BCUT2D eigenvalue weighted by molar-refractivity contribution is -0.118. The summed E-state index contributed by atoms with van der Waals surface area (Å²) in [6.07, 6.45) is 0. The first-order valence-corrected chi connectivity index (χ1v) is 11.6. The van der Waals surface area contributed by atoms with E-state index in [0.29, 0.717) is 5.13 Å². The van der Waals surface area contributed by atoms with E-state index >= 15 is 0 Å². The van der Waals surface area contributed by atoms with Crippen molar-refractivity contribution >= 4 is 43.2 Å². The number of carbonyl (C=O) groups excluding carboxylic acids is 1. The van der Waals surface area contributed by atoms with Crippen molar-refractivity contribution in [1.82, 2.24) is 14.9 Å². The van der Waals surface area contributed by atoms with Gasteiger partial charge in [0.25, 0.3) is 0 Å². The lowest BCUT2D eigenvalue weighted by atomic mass is 10.1. The van der Waals surface area contributed by atoms with Crippen LogP contribution in [0.4, 0.5) is 5.13 Å². The number of benzene rings is 2. The molecule has 0 bridgehead atoms. The third kappa shape index (κ3) is 4.98. The Morgan fingerprint density at radius 1 is 1.00 bits per heavy atom. The predicted octanol–water partition coefficient (Wildman–Crippen LogP) is 3.76. The number of hydrogen-bond acceptors (Lipinski definition) is 6. The van der Waals surface area contributed by atoms with Gasteiger partial charge in [0.05, 0.1) is 4.90 Å². The molecule has 3 rings (SSSR count). The Morgan fingerprint density at radius 3 is 2.31 bits per heavy atom. The number of anilines is 1. The fourth-order valence-electron chi connectivity index (χ4n) is 2.76. The summed E-state index contributed by atoms with van der Waals surface area (Å²) in [6, 6.07) is 11.5. The van der Waals surface area contributed by atoms with Gasteiger partial charge in [-0.05, 0) is 28.8 Å². The van der Waals surface area contributed by atoms with Gasteiger partial charge < -0.3 is 0 Å². The Labute approximate surface area is 174 Å². The van der Waals surface area contributed by atoms with Crippen LogP contribution in [-0.2, 0) is 14.8 Å². The molecule has 1 aromatic heterocycles. The van der Waals surface area contributed by atoms with E-state index in [1.54, 1.807) is 32.0 Å². The first kappa shape index (κ1) is 21.4. The second-order valence-corrected chi connectivity index (χ2v) is 10.2. The third-order valence-corrected chi connectivity index (χ3v) is 7.01. The molecule has 1 amide bonds. The highest BCUT2D eigenvalue weighted by Gasteiger charge is 2.29. The van der Waals surface area contributed by atoms with Crippen LogP contribution in [0.5, 0.6) is 0 Å². The highest BCUT2D eigenvalue weighted by molar-refractivity contribution is 7.89. The molecule has 7 nitrogen and oxygen atoms in total. The molecule has 2 N–H and O–H groups in total. The van der Waals surface area contributed by atoms with Crippen molar-refractivity contribution in [2.24, 2.45) is 5.92 Å². The van der Waals surface area contributed by atoms with E-state index in [4.69, 9.17) is 0 Å². The van der Waals surface area contributed by atoms with E-state index < -0.39 is 22.0 Å². The minimum Gasteiger partial charge on any atom is -0.299 e. The number of amides is 1. The Hall–Kier alpha value is -2.36. The lowest BCUT2D eigenvalue weighted by Gasteiger charge is -2.21.